The van der Waals surface area contributed by atoms with Crippen LogP contribution in [0.25, 0.3) is 0 Å². The van der Waals surface area contributed by atoms with E-state index in [4.69, 9.17) is 0 Å². The van der Waals surface area contributed by atoms with Crippen LogP contribution < -0.4 is 0 Å². The Balaban J connectivity index is 2.54. The predicted molar refractivity (Wildman–Crippen MR) is 46.3 cm³/mol. The van der Waals surface area contributed by atoms with Crippen molar-refractivity contribution in [2.45, 2.75) is 25.4 Å². The maximum absolute atomic E-state index is 2.52. The summed E-state index contributed by atoms with van der Waals surface area (Å²) in [5, 5.41) is 0. The fourth-order valence-electron chi connectivity index (χ4n) is 1.50. The van der Waals surface area contributed by atoms with Crippen LogP contribution in [0.1, 0.15) is 19.8 Å². The van der Waals surface area contributed by atoms with E-state index in [9.17, 15) is 0 Å². The van der Waals surface area contributed by atoms with Gasteiger partial charge in [-0.25, -0.2) is 0 Å². The summed E-state index contributed by atoms with van der Waals surface area (Å²) in [7, 11) is 1.88. The molecule has 1 aliphatic heterocycles. The van der Waals surface area contributed by atoms with Crippen molar-refractivity contribution in [3.63, 3.8) is 0 Å². The van der Waals surface area contributed by atoms with Gasteiger partial charge in [-0.3, -0.25) is 0 Å². The molecule has 0 aromatic rings. The molecule has 0 aliphatic carbocycles. The molecular formula is C6H16BP. The molecule has 8 heavy (non-hydrogen) atoms. The van der Waals surface area contributed by atoms with E-state index in [0.29, 0.717) is 0 Å². The van der Waals surface area contributed by atoms with Gasteiger partial charge in [-0.05, 0) is 0 Å². The van der Waals surface area contributed by atoms with E-state index in [-0.39, 0.29) is 0 Å². The van der Waals surface area contributed by atoms with Crippen LogP contribution in [-0.2, 0) is 0 Å². The summed E-state index contributed by atoms with van der Waals surface area (Å²) < 4.78 is 0. The third kappa shape index (κ3) is 1.08. The Hall–Kier alpha value is 0.495. The fraction of sp³-hybridized carbons (Fsp3) is 1.00. The van der Waals surface area contributed by atoms with E-state index in [1.165, 1.54) is 12.8 Å². The van der Waals surface area contributed by atoms with Gasteiger partial charge in [-0.1, -0.05) is 0 Å². The van der Waals surface area contributed by atoms with Crippen molar-refractivity contribution in [1.82, 2.24) is 0 Å². The minimum absolute atomic E-state index is 0.644. The summed E-state index contributed by atoms with van der Waals surface area (Å²) in [5.74, 6) is 0. The molecule has 0 nitrogen and oxygen atoms in total. The van der Waals surface area contributed by atoms with Crippen LogP contribution in [0, 0.1) is 0 Å². The van der Waals surface area contributed by atoms with E-state index >= 15 is 0 Å². The van der Waals surface area contributed by atoms with Crippen LogP contribution in [0.2, 0.25) is 0 Å². The average Bonchev–Trinajstić information content (AvgIpc) is 1.86. The Morgan fingerprint density at radius 1 is 1.62 bits per heavy atom. The first-order valence-corrected chi connectivity index (χ1v) is 6.91. The molecule has 0 bridgehead atoms. The van der Waals surface area contributed by atoms with Crippen molar-refractivity contribution in [3.8, 4) is 0 Å². The van der Waals surface area contributed by atoms with E-state index in [1.807, 2.05) is 0 Å². The quantitative estimate of drug-likeness (QED) is 0.340. The molecule has 0 radical (unpaired) electrons. The zero-order valence-corrected chi connectivity index (χ0v) is 7.20. The van der Waals surface area contributed by atoms with Crippen LogP contribution >= 0.6 is 7.14 Å². The van der Waals surface area contributed by atoms with E-state index in [1.54, 1.807) is 6.16 Å². The molecule has 1 fully saturated rings. The van der Waals surface area contributed by atoms with Crippen molar-refractivity contribution in [2.24, 2.45) is 0 Å². The Kier molecular flexibility index (Phi) is 1.67. The van der Waals surface area contributed by atoms with Crippen molar-refractivity contribution >= 4 is 14.7 Å². The second-order valence-corrected chi connectivity index (χ2v) is 9.24. The minimum atomic E-state index is -0.644. The van der Waals surface area contributed by atoms with Crippen LogP contribution in [-0.4, -0.2) is 26.1 Å². The van der Waals surface area contributed by atoms with Gasteiger partial charge in [0.1, 0.15) is 0 Å². The average molecular weight is 130 g/mol. The second kappa shape index (κ2) is 2.03. The topological polar surface area (TPSA) is 0 Å². The van der Waals surface area contributed by atoms with Crippen molar-refractivity contribution in [3.05, 3.63) is 0 Å². The van der Waals surface area contributed by atoms with Crippen LogP contribution in [0.4, 0.5) is 0 Å². The van der Waals surface area contributed by atoms with Crippen molar-refractivity contribution in [2.75, 3.05) is 12.8 Å². The molecule has 0 saturated carbocycles. The summed E-state index contributed by atoms with van der Waals surface area (Å²) in [4.78, 5) is 0. The molecule has 1 heterocycles. The molecule has 0 amide bonds. The first-order valence-electron chi connectivity index (χ1n) is 3.63. The first kappa shape index (κ1) is 6.61. The van der Waals surface area contributed by atoms with Gasteiger partial charge in [0.15, 0.2) is 0 Å². The molecule has 48 valence electrons. The molecule has 0 spiro atoms. The standard InChI is InChI=1S/C6H16BP/c1-6-4-3-5-8(6,2)7/h6,8H,3-5,7H2,1-2H3/t6-/m1/s1. The molecule has 1 rings (SSSR count). The van der Waals surface area contributed by atoms with E-state index in [2.05, 4.69) is 21.2 Å². The summed E-state index contributed by atoms with van der Waals surface area (Å²) in [5.41, 5.74) is 1.10. The number of hydrogen-bond donors (Lipinski definition) is 0. The van der Waals surface area contributed by atoms with Crippen LogP contribution in [0.15, 0.2) is 0 Å². The maximum atomic E-state index is 2.52. The molecule has 0 aromatic carbocycles. The Morgan fingerprint density at radius 3 is 2.38 bits per heavy atom. The normalized spacial score (nSPS) is 39.5. The molecular weight excluding hydrogens is 114 g/mol. The summed E-state index contributed by atoms with van der Waals surface area (Å²) in [6, 6.07) is 0. The van der Waals surface area contributed by atoms with Crippen molar-refractivity contribution in [1.29, 1.82) is 0 Å². The molecule has 2 heteroatoms. The number of rotatable bonds is 0. The van der Waals surface area contributed by atoms with Gasteiger partial charge in [0, 0.05) is 0 Å². The SMILES string of the molecule is B[PH]1(C)CCC[C@H]1C. The van der Waals surface area contributed by atoms with E-state index < -0.39 is 7.14 Å². The zero-order valence-electron chi connectivity index (χ0n) is 6.20. The Bertz CT molecular complexity index is 90.5. The first-order chi connectivity index (χ1) is 3.63. The zero-order chi connectivity index (χ0) is 6.20. The second-order valence-electron chi connectivity index (χ2n) is 3.78. The molecule has 0 aromatic heterocycles. The number of hydrogen-bond acceptors (Lipinski definition) is 0. The Labute approximate surface area is 53.8 Å². The van der Waals surface area contributed by atoms with Gasteiger partial charge in [0.2, 0.25) is 0 Å². The van der Waals surface area contributed by atoms with Crippen LogP contribution in [0.3, 0.4) is 0 Å². The van der Waals surface area contributed by atoms with Gasteiger partial charge in [0.25, 0.3) is 0 Å². The Morgan fingerprint density at radius 2 is 2.25 bits per heavy atom. The third-order valence-corrected chi connectivity index (χ3v) is 7.39. The molecule has 0 unspecified atom stereocenters. The third-order valence-electron chi connectivity index (χ3n) is 2.79. The van der Waals surface area contributed by atoms with Crippen molar-refractivity contribution < 1.29 is 0 Å². The van der Waals surface area contributed by atoms with Gasteiger partial charge >= 0.3 is 53.0 Å². The van der Waals surface area contributed by atoms with Gasteiger partial charge in [-0.15, -0.1) is 0 Å². The summed E-state index contributed by atoms with van der Waals surface area (Å²) in [6.45, 7) is 4.95. The molecule has 1 atom stereocenters. The summed E-state index contributed by atoms with van der Waals surface area (Å²) >= 11 is 0. The fourth-order valence-corrected chi connectivity index (χ4v) is 4.09. The van der Waals surface area contributed by atoms with E-state index in [0.717, 1.165) is 5.66 Å². The van der Waals surface area contributed by atoms with Gasteiger partial charge in [-0.2, -0.15) is 0 Å². The predicted octanol–water partition coefficient (Wildman–Crippen LogP) is 1.10. The molecule has 1 saturated heterocycles. The van der Waals surface area contributed by atoms with Crippen LogP contribution in [0.5, 0.6) is 0 Å². The molecule has 0 N–H and O–H groups in total. The summed E-state index contributed by atoms with van der Waals surface area (Å²) in [6.07, 6.45) is 4.60. The molecule has 1 aliphatic rings. The van der Waals surface area contributed by atoms with Gasteiger partial charge in [0.05, 0.1) is 0 Å². The monoisotopic (exact) mass is 130 g/mol. The van der Waals surface area contributed by atoms with Gasteiger partial charge < -0.3 is 0 Å².